The van der Waals surface area contributed by atoms with Crippen LogP contribution in [0.2, 0.25) is 0 Å². The minimum absolute atomic E-state index is 0.358. The Hall–Kier alpha value is -1.36. The maximum absolute atomic E-state index is 11.1. The van der Waals surface area contributed by atoms with E-state index >= 15 is 0 Å². The fourth-order valence-corrected chi connectivity index (χ4v) is 1.40. The lowest BCUT2D eigenvalue weighted by Gasteiger charge is -2.21. The molecular weight excluding hydrogens is 198 g/mol. The fraction of sp³-hybridized carbons (Fsp3) is 0.600. The molecule has 0 bridgehead atoms. The summed E-state index contributed by atoms with van der Waals surface area (Å²) >= 11 is 0. The van der Waals surface area contributed by atoms with Crippen molar-refractivity contribution in [3.63, 3.8) is 0 Å². The van der Waals surface area contributed by atoms with Crippen molar-refractivity contribution < 1.29 is 19.4 Å². The Morgan fingerprint density at radius 2 is 2.00 bits per heavy atom. The van der Waals surface area contributed by atoms with Crippen LogP contribution in [0.5, 0.6) is 0 Å². The normalized spacial score (nSPS) is 17.9. The zero-order chi connectivity index (χ0) is 11.1. The molecule has 0 aliphatic carbocycles. The van der Waals surface area contributed by atoms with Crippen LogP contribution in [0.15, 0.2) is 12.2 Å². The van der Waals surface area contributed by atoms with Crippen LogP contribution in [0.25, 0.3) is 0 Å². The number of carboxylic acid groups (broad SMARTS) is 1. The van der Waals surface area contributed by atoms with Gasteiger partial charge in [-0.15, -0.1) is 0 Å². The Labute approximate surface area is 88.1 Å². The van der Waals surface area contributed by atoms with Gasteiger partial charge in [0.15, 0.2) is 0 Å². The molecule has 1 fully saturated rings. The lowest BCUT2D eigenvalue weighted by atomic mass is 10.0. The van der Waals surface area contributed by atoms with Gasteiger partial charge in [-0.3, -0.25) is 4.79 Å². The second-order valence-electron chi connectivity index (χ2n) is 3.47. The van der Waals surface area contributed by atoms with Crippen molar-refractivity contribution in [2.24, 2.45) is 5.92 Å². The van der Waals surface area contributed by atoms with E-state index in [1.165, 1.54) is 0 Å². The third kappa shape index (κ3) is 5.17. The molecule has 84 valence electrons. The van der Waals surface area contributed by atoms with Crippen molar-refractivity contribution in [1.29, 1.82) is 0 Å². The third-order valence-corrected chi connectivity index (χ3v) is 2.28. The molecule has 0 spiro atoms. The van der Waals surface area contributed by atoms with Crippen LogP contribution in [0, 0.1) is 5.92 Å². The molecule has 0 saturated carbocycles. The third-order valence-electron chi connectivity index (χ3n) is 2.28. The van der Waals surface area contributed by atoms with E-state index in [9.17, 15) is 9.59 Å². The van der Waals surface area contributed by atoms with Gasteiger partial charge in [0.05, 0.1) is 0 Å². The number of carboxylic acids is 1. The van der Waals surface area contributed by atoms with Crippen LogP contribution in [-0.2, 0) is 14.3 Å². The van der Waals surface area contributed by atoms with E-state index in [1.54, 1.807) is 0 Å². The summed E-state index contributed by atoms with van der Waals surface area (Å²) in [7, 11) is 0. The van der Waals surface area contributed by atoms with E-state index in [0.29, 0.717) is 12.5 Å². The first kappa shape index (κ1) is 11.7. The number of amides is 1. The van der Waals surface area contributed by atoms with E-state index in [4.69, 9.17) is 9.84 Å². The summed E-state index contributed by atoms with van der Waals surface area (Å²) in [5.41, 5.74) is 0. The van der Waals surface area contributed by atoms with Gasteiger partial charge in [-0.05, 0) is 18.8 Å². The number of rotatable bonds is 4. The monoisotopic (exact) mass is 213 g/mol. The average molecular weight is 213 g/mol. The molecule has 1 aliphatic rings. The first-order valence-electron chi connectivity index (χ1n) is 4.95. The molecule has 0 aromatic carbocycles. The molecule has 1 heterocycles. The molecule has 0 unspecified atom stereocenters. The summed E-state index contributed by atoms with van der Waals surface area (Å²) in [5.74, 6) is -1.03. The summed E-state index contributed by atoms with van der Waals surface area (Å²) in [6, 6.07) is 0. The molecule has 15 heavy (non-hydrogen) atoms. The highest BCUT2D eigenvalue weighted by atomic mass is 16.5. The van der Waals surface area contributed by atoms with Crippen LogP contribution in [-0.4, -0.2) is 36.7 Å². The van der Waals surface area contributed by atoms with Crippen molar-refractivity contribution in [3.8, 4) is 0 Å². The van der Waals surface area contributed by atoms with Crippen LogP contribution >= 0.6 is 0 Å². The number of ether oxygens (including phenoxy) is 1. The number of carbonyl (C=O) groups is 2. The molecule has 5 nitrogen and oxygen atoms in total. The standard InChI is InChI=1S/C10H15NO4/c12-9(1-2-10(13)14)11-7-8-3-5-15-6-4-8/h1-2,8H,3-7H2,(H,11,12)(H,13,14). The maximum Gasteiger partial charge on any atom is 0.328 e. The summed E-state index contributed by atoms with van der Waals surface area (Å²) in [6.45, 7) is 2.07. The van der Waals surface area contributed by atoms with E-state index in [-0.39, 0.29) is 5.91 Å². The van der Waals surface area contributed by atoms with Gasteiger partial charge >= 0.3 is 5.97 Å². The Balaban J connectivity index is 2.18. The zero-order valence-electron chi connectivity index (χ0n) is 8.44. The summed E-state index contributed by atoms with van der Waals surface area (Å²) < 4.78 is 5.18. The Kier molecular flexibility index (Phi) is 4.83. The average Bonchev–Trinajstić information content (AvgIpc) is 2.25. The highest BCUT2D eigenvalue weighted by molar-refractivity contribution is 5.93. The molecule has 1 saturated heterocycles. The molecule has 1 aliphatic heterocycles. The molecule has 1 rings (SSSR count). The lowest BCUT2D eigenvalue weighted by molar-refractivity contribution is -0.131. The van der Waals surface area contributed by atoms with Crippen molar-refractivity contribution in [2.45, 2.75) is 12.8 Å². The van der Waals surface area contributed by atoms with Gasteiger partial charge in [0, 0.05) is 31.9 Å². The molecule has 0 atom stereocenters. The molecule has 0 radical (unpaired) electrons. The van der Waals surface area contributed by atoms with Crippen molar-refractivity contribution in [2.75, 3.05) is 19.8 Å². The maximum atomic E-state index is 11.1. The number of nitrogens with one attached hydrogen (secondary N) is 1. The van der Waals surface area contributed by atoms with Crippen LogP contribution in [0.4, 0.5) is 0 Å². The molecule has 2 N–H and O–H groups in total. The van der Waals surface area contributed by atoms with Crippen molar-refractivity contribution >= 4 is 11.9 Å². The van der Waals surface area contributed by atoms with Crippen LogP contribution in [0.3, 0.4) is 0 Å². The van der Waals surface area contributed by atoms with Crippen LogP contribution in [0.1, 0.15) is 12.8 Å². The first-order chi connectivity index (χ1) is 7.18. The van der Waals surface area contributed by atoms with Gasteiger partial charge in [0.25, 0.3) is 0 Å². The highest BCUT2D eigenvalue weighted by Crippen LogP contribution is 2.12. The molecule has 0 aromatic rings. The topological polar surface area (TPSA) is 75.6 Å². The SMILES string of the molecule is O=C(O)C=CC(=O)NCC1CCOCC1. The van der Waals surface area contributed by atoms with E-state index < -0.39 is 5.97 Å². The largest absolute Gasteiger partial charge is 0.478 e. The minimum Gasteiger partial charge on any atom is -0.478 e. The quantitative estimate of drug-likeness (QED) is 0.653. The van der Waals surface area contributed by atoms with Crippen molar-refractivity contribution in [3.05, 3.63) is 12.2 Å². The zero-order valence-corrected chi connectivity index (χ0v) is 8.44. The van der Waals surface area contributed by atoms with E-state index in [1.807, 2.05) is 0 Å². The van der Waals surface area contributed by atoms with Gasteiger partial charge in [-0.1, -0.05) is 0 Å². The fourth-order valence-electron chi connectivity index (χ4n) is 1.40. The van der Waals surface area contributed by atoms with Gasteiger partial charge in [0.2, 0.25) is 5.91 Å². The predicted octanol–water partition coefficient (Wildman–Crippen LogP) is 0.170. The number of hydrogen-bond donors (Lipinski definition) is 2. The van der Waals surface area contributed by atoms with Crippen LogP contribution < -0.4 is 5.32 Å². The van der Waals surface area contributed by atoms with E-state index in [2.05, 4.69) is 5.32 Å². The predicted molar refractivity (Wildman–Crippen MR) is 53.3 cm³/mol. The number of aliphatic carboxylic acids is 1. The second kappa shape index (κ2) is 6.19. The molecule has 5 heteroatoms. The Morgan fingerprint density at radius 3 is 2.60 bits per heavy atom. The summed E-state index contributed by atoms with van der Waals surface area (Å²) in [6.07, 6.45) is 3.76. The van der Waals surface area contributed by atoms with E-state index in [0.717, 1.165) is 38.2 Å². The molecular formula is C10H15NO4. The van der Waals surface area contributed by atoms with Gasteiger partial charge < -0.3 is 15.2 Å². The summed E-state index contributed by atoms with van der Waals surface area (Å²) in [4.78, 5) is 21.2. The first-order valence-corrected chi connectivity index (χ1v) is 4.95. The summed E-state index contributed by atoms with van der Waals surface area (Å²) in [5, 5.41) is 11.0. The van der Waals surface area contributed by atoms with Gasteiger partial charge in [-0.25, -0.2) is 4.79 Å². The number of carbonyl (C=O) groups excluding carboxylic acids is 1. The minimum atomic E-state index is -1.11. The lowest BCUT2D eigenvalue weighted by Crippen LogP contribution is -2.31. The number of hydrogen-bond acceptors (Lipinski definition) is 3. The molecule has 1 amide bonds. The second-order valence-corrected chi connectivity index (χ2v) is 3.47. The van der Waals surface area contributed by atoms with Gasteiger partial charge in [-0.2, -0.15) is 0 Å². The van der Waals surface area contributed by atoms with Crippen molar-refractivity contribution in [1.82, 2.24) is 5.32 Å². The highest BCUT2D eigenvalue weighted by Gasteiger charge is 2.13. The Morgan fingerprint density at radius 1 is 1.33 bits per heavy atom. The molecule has 0 aromatic heterocycles. The Bertz CT molecular complexity index is 256. The smallest absolute Gasteiger partial charge is 0.328 e. The van der Waals surface area contributed by atoms with Gasteiger partial charge in [0.1, 0.15) is 0 Å².